The summed E-state index contributed by atoms with van der Waals surface area (Å²) in [5, 5.41) is 4.79. The van der Waals surface area contributed by atoms with E-state index in [1.807, 2.05) is 47.0 Å². The van der Waals surface area contributed by atoms with E-state index < -0.39 is 0 Å². The average Bonchev–Trinajstić information content (AvgIpc) is 3.45. The summed E-state index contributed by atoms with van der Waals surface area (Å²) in [7, 11) is 0. The van der Waals surface area contributed by atoms with Gasteiger partial charge in [0.15, 0.2) is 0 Å². The quantitative estimate of drug-likeness (QED) is 0.124. The van der Waals surface area contributed by atoms with Gasteiger partial charge in [-0.05, 0) is 58.5 Å². The van der Waals surface area contributed by atoms with Crippen molar-refractivity contribution >= 4 is 104 Å². The van der Waals surface area contributed by atoms with Crippen molar-refractivity contribution in [2.24, 2.45) is 0 Å². The van der Waals surface area contributed by atoms with Crippen LogP contribution in [0.3, 0.4) is 0 Å². The van der Waals surface area contributed by atoms with E-state index in [0.717, 1.165) is 37.2 Å². The summed E-state index contributed by atoms with van der Waals surface area (Å²) in [4.78, 5) is 25.4. The molecule has 2 heterocycles. The van der Waals surface area contributed by atoms with Gasteiger partial charge in [0, 0.05) is 34.5 Å². The summed E-state index contributed by atoms with van der Waals surface area (Å²) in [6.07, 6.45) is 7.08. The standard InChI is InChI=1S/C22H30O2S8/c1-3-19(23)27-9-5-7-17-13-29-21(31-17)15-25-11-12-26-16-22-30-14-18(32-22)8-6-10-28-20(24)4-2/h3-4,13-14,21-22H,1-2,5-12,15-16H2. The minimum absolute atomic E-state index is 0.0780. The van der Waals surface area contributed by atoms with Gasteiger partial charge in [0.05, 0.1) is 9.16 Å². The minimum atomic E-state index is 0.0780. The average molecular weight is 583 g/mol. The Bertz CT molecular complexity index is 633. The van der Waals surface area contributed by atoms with Crippen molar-refractivity contribution in [3.05, 3.63) is 45.9 Å². The van der Waals surface area contributed by atoms with E-state index in [0.29, 0.717) is 9.16 Å². The Labute approximate surface area is 227 Å². The Balaban J connectivity index is 1.39. The Morgan fingerprint density at radius 3 is 1.62 bits per heavy atom. The monoisotopic (exact) mass is 582 g/mol. The molecule has 0 fully saturated rings. The molecule has 10 heteroatoms. The minimum Gasteiger partial charge on any atom is -0.282 e. The van der Waals surface area contributed by atoms with E-state index >= 15 is 0 Å². The Morgan fingerprint density at radius 2 is 1.22 bits per heavy atom. The van der Waals surface area contributed by atoms with Crippen molar-refractivity contribution in [3.63, 3.8) is 0 Å². The molecule has 0 saturated carbocycles. The first kappa shape index (κ1) is 29.3. The van der Waals surface area contributed by atoms with Crippen LogP contribution in [0.15, 0.2) is 45.9 Å². The molecule has 0 aliphatic carbocycles. The highest BCUT2D eigenvalue weighted by molar-refractivity contribution is 8.24. The lowest BCUT2D eigenvalue weighted by molar-refractivity contribution is -0.107. The molecular weight excluding hydrogens is 553 g/mol. The fourth-order valence-corrected chi connectivity index (χ4v) is 12.1. The second kappa shape index (κ2) is 18.4. The Kier molecular flexibility index (Phi) is 16.8. The van der Waals surface area contributed by atoms with Crippen molar-refractivity contribution in [2.75, 3.05) is 34.5 Å². The molecule has 0 aromatic carbocycles. The second-order valence-electron chi connectivity index (χ2n) is 6.64. The topological polar surface area (TPSA) is 34.1 Å². The molecule has 2 rings (SSSR count). The lowest BCUT2D eigenvalue weighted by atomic mass is 10.3. The molecule has 2 unspecified atom stereocenters. The van der Waals surface area contributed by atoms with E-state index in [-0.39, 0.29) is 10.2 Å². The maximum Gasteiger partial charge on any atom is 0.211 e. The first-order valence-electron chi connectivity index (χ1n) is 10.4. The van der Waals surface area contributed by atoms with Gasteiger partial charge in [0.2, 0.25) is 10.2 Å². The number of allylic oxidation sites excluding steroid dienone is 2. The number of carbonyl (C=O) groups is 2. The Hall–Kier alpha value is 1.10. The molecule has 0 amide bonds. The number of hydrogen-bond acceptors (Lipinski definition) is 10. The van der Waals surface area contributed by atoms with Crippen molar-refractivity contribution in [1.82, 2.24) is 0 Å². The van der Waals surface area contributed by atoms with Crippen LogP contribution in [0.5, 0.6) is 0 Å². The summed E-state index contributed by atoms with van der Waals surface area (Å²) < 4.78 is 1.30. The molecule has 2 atom stereocenters. The molecule has 2 aliphatic rings. The van der Waals surface area contributed by atoms with Crippen LogP contribution in [0.1, 0.15) is 25.7 Å². The molecule has 2 nitrogen and oxygen atoms in total. The second-order valence-corrected chi connectivity index (χ2v) is 16.5. The molecule has 0 radical (unpaired) electrons. The van der Waals surface area contributed by atoms with E-state index in [9.17, 15) is 9.59 Å². The van der Waals surface area contributed by atoms with Crippen LogP contribution in [0, 0.1) is 0 Å². The van der Waals surface area contributed by atoms with Gasteiger partial charge < -0.3 is 0 Å². The number of carbonyl (C=O) groups excluding carboxylic acids is 2. The molecule has 32 heavy (non-hydrogen) atoms. The third-order valence-corrected chi connectivity index (χ3v) is 14.7. The van der Waals surface area contributed by atoms with Gasteiger partial charge >= 0.3 is 0 Å². The SMILES string of the molecule is C=CC(=O)SCCCC1=CSC(CSCCSCC2SC=C(CCCSC(=O)C=C)S2)S1. The van der Waals surface area contributed by atoms with Gasteiger partial charge in [-0.15, -0.1) is 47.0 Å². The number of thioether (sulfide) groups is 8. The molecule has 0 N–H and O–H groups in total. The summed E-state index contributed by atoms with van der Waals surface area (Å²) in [5.74, 6) is 6.60. The van der Waals surface area contributed by atoms with Gasteiger partial charge in [-0.1, -0.05) is 36.7 Å². The maximum atomic E-state index is 11.2. The largest absolute Gasteiger partial charge is 0.282 e. The van der Waals surface area contributed by atoms with Crippen LogP contribution in [-0.4, -0.2) is 53.9 Å². The highest BCUT2D eigenvalue weighted by atomic mass is 32.2. The smallest absolute Gasteiger partial charge is 0.211 e. The van der Waals surface area contributed by atoms with Gasteiger partial charge in [0.25, 0.3) is 0 Å². The van der Waals surface area contributed by atoms with Gasteiger partial charge in [-0.2, -0.15) is 23.5 Å². The zero-order valence-electron chi connectivity index (χ0n) is 18.0. The Morgan fingerprint density at radius 1 is 0.781 bits per heavy atom. The first-order valence-corrected chi connectivity index (χ1v) is 18.3. The van der Waals surface area contributed by atoms with Gasteiger partial charge in [-0.25, -0.2) is 0 Å². The van der Waals surface area contributed by atoms with Crippen molar-refractivity contribution in [2.45, 2.75) is 34.8 Å². The molecule has 0 aromatic heterocycles. The van der Waals surface area contributed by atoms with Gasteiger partial charge in [0.1, 0.15) is 0 Å². The molecule has 0 aromatic rings. The van der Waals surface area contributed by atoms with Crippen molar-refractivity contribution in [1.29, 1.82) is 0 Å². The maximum absolute atomic E-state index is 11.2. The van der Waals surface area contributed by atoms with E-state index in [1.165, 1.54) is 68.5 Å². The zero-order valence-corrected chi connectivity index (χ0v) is 24.6. The van der Waals surface area contributed by atoms with E-state index in [4.69, 9.17) is 0 Å². The fraction of sp³-hybridized carbons (Fsp3) is 0.545. The summed E-state index contributed by atoms with van der Waals surface area (Å²) in [5.41, 5.74) is 0. The zero-order chi connectivity index (χ0) is 23.0. The number of hydrogen-bond donors (Lipinski definition) is 0. The molecule has 0 bridgehead atoms. The van der Waals surface area contributed by atoms with Crippen LogP contribution in [0.25, 0.3) is 0 Å². The normalized spacial score (nSPS) is 20.1. The predicted molar refractivity (Wildman–Crippen MR) is 163 cm³/mol. The number of rotatable bonds is 17. The van der Waals surface area contributed by atoms with Crippen LogP contribution >= 0.6 is 94.1 Å². The summed E-state index contributed by atoms with van der Waals surface area (Å²) in [6, 6.07) is 0. The highest BCUT2D eigenvalue weighted by Gasteiger charge is 2.20. The van der Waals surface area contributed by atoms with E-state index in [1.54, 1.807) is 0 Å². The molecule has 0 saturated heterocycles. The summed E-state index contributed by atoms with van der Waals surface area (Å²) in [6.45, 7) is 7.01. The molecule has 2 aliphatic heterocycles. The van der Waals surface area contributed by atoms with E-state index in [2.05, 4.69) is 47.5 Å². The highest BCUT2D eigenvalue weighted by Crippen LogP contribution is 2.44. The third kappa shape index (κ3) is 13.3. The van der Waals surface area contributed by atoms with Crippen LogP contribution in [0.2, 0.25) is 0 Å². The van der Waals surface area contributed by atoms with Gasteiger partial charge in [-0.3, -0.25) is 9.59 Å². The first-order chi connectivity index (χ1) is 15.6. The molecular formula is C22H30O2S8. The fourth-order valence-electron chi connectivity index (χ4n) is 2.57. The van der Waals surface area contributed by atoms with Crippen LogP contribution in [0.4, 0.5) is 0 Å². The lowest BCUT2D eigenvalue weighted by Gasteiger charge is -2.10. The van der Waals surface area contributed by atoms with Crippen molar-refractivity contribution < 1.29 is 9.59 Å². The lowest BCUT2D eigenvalue weighted by Crippen LogP contribution is -2.01. The van der Waals surface area contributed by atoms with Crippen LogP contribution < -0.4 is 0 Å². The molecule has 178 valence electrons. The van der Waals surface area contributed by atoms with Crippen LogP contribution in [-0.2, 0) is 9.59 Å². The van der Waals surface area contributed by atoms with Crippen molar-refractivity contribution in [3.8, 4) is 0 Å². The summed E-state index contributed by atoms with van der Waals surface area (Å²) >= 11 is 14.8. The predicted octanol–water partition coefficient (Wildman–Crippen LogP) is 8.20. The molecule has 0 spiro atoms. The third-order valence-electron chi connectivity index (χ3n) is 4.11.